The maximum Gasteiger partial charge on any atom is 0.255 e. The first-order valence-electron chi connectivity index (χ1n) is 10.5. The van der Waals surface area contributed by atoms with E-state index in [-0.39, 0.29) is 24.0 Å². The molecule has 0 unspecified atom stereocenters. The number of carbonyl (C=O) groups excluding carboxylic acids is 1. The number of fused-ring (bicyclic) bond motifs is 2. The van der Waals surface area contributed by atoms with E-state index in [0.29, 0.717) is 17.0 Å². The molecule has 0 saturated carbocycles. The van der Waals surface area contributed by atoms with Crippen molar-refractivity contribution in [1.29, 1.82) is 5.26 Å². The third-order valence-electron chi connectivity index (χ3n) is 6.29. The summed E-state index contributed by atoms with van der Waals surface area (Å²) in [4.78, 5) is 28.9. The number of amides is 1. The van der Waals surface area contributed by atoms with Gasteiger partial charge in [0.25, 0.3) is 5.91 Å². The summed E-state index contributed by atoms with van der Waals surface area (Å²) in [5.74, 6) is 1.35. The molecular formula is C24H22N6O. The van der Waals surface area contributed by atoms with Crippen molar-refractivity contribution in [3.63, 3.8) is 0 Å². The highest BCUT2D eigenvalue weighted by atomic mass is 16.2. The molecule has 4 heterocycles. The van der Waals surface area contributed by atoms with Gasteiger partial charge in [-0.3, -0.25) is 4.79 Å². The normalized spacial score (nSPS) is 21.7. The van der Waals surface area contributed by atoms with Crippen LogP contribution >= 0.6 is 0 Å². The van der Waals surface area contributed by atoms with Crippen LogP contribution in [0.3, 0.4) is 0 Å². The van der Waals surface area contributed by atoms with Crippen molar-refractivity contribution in [1.82, 2.24) is 19.9 Å². The highest BCUT2D eigenvalue weighted by Crippen LogP contribution is 2.41. The van der Waals surface area contributed by atoms with Crippen molar-refractivity contribution in [3.05, 3.63) is 71.7 Å². The number of nitriles is 1. The summed E-state index contributed by atoms with van der Waals surface area (Å²) in [6, 6.07) is 13.7. The molecule has 1 amide bonds. The first kappa shape index (κ1) is 19.2. The average Bonchev–Trinajstić information content (AvgIpc) is 3.37. The van der Waals surface area contributed by atoms with Crippen molar-refractivity contribution in [2.45, 2.75) is 44.3 Å². The predicted molar refractivity (Wildman–Crippen MR) is 116 cm³/mol. The molecule has 0 aliphatic carbocycles. The van der Waals surface area contributed by atoms with Gasteiger partial charge in [0.2, 0.25) is 0 Å². The van der Waals surface area contributed by atoms with Crippen molar-refractivity contribution >= 4 is 11.7 Å². The van der Waals surface area contributed by atoms with Crippen LogP contribution in [0.25, 0.3) is 11.4 Å². The van der Waals surface area contributed by atoms with Gasteiger partial charge in [-0.1, -0.05) is 12.1 Å². The van der Waals surface area contributed by atoms with E-state index in [4.69, 9.17) is 5.26 Å². The zero-order chi connectivity index (χ0) is 21.4. The number of anilines is 1. The Hall–Kier alpha value is -3.79. The molecule has 0 radical (unpaired) electrons. The number of rotatable bonds is 4. The van der Waals surface area contributed by atoms with Gasteiger partial charge in [-0.2, -0.15) is 5.26 Å². The summed E-state index contributed by atoms with van der Waals surface area (Å²) in [6.07, 6.45) is 7.84. The van der Waals surface area contributed by atoms with Gasteiger partial charge in [0.1, 0.15) is 11.9 Å². The molecule has 7 nitrogen and oxygen atoms in total. The number of aryl methyl sites for hydroxylation is 1. The predicted octanol–water partition coefficient (Wildman–Crippen LogP) is 3.58. The maximum absolute atomic E-state index is 13.7. The van der Waals surface area contributed by atoms with E-state index in [1.54, 1.807) is 30.7 Å². The van der Waals surface area contributed by atoms with Crippen LogP contribution in [-0.2, 0) is 0 Å². The second-order valence-electron chi connectivity index (χ2n) is 8.11. The van der Waals surface area contributed by atoms with E-state index >= 15 is 0 Å². The first-order valence-corrected chi connectivity index (χ1v) is 10.5. The van der Waals surface area contributed by atoms with Gasteiger partial charge in [0.05, 0.1) is 17.2 Å². The molecule has 3 aromatic rings. The van der Waals surface area contributed by atoms with Crippen LogP contribution in [0.2, 0.25) is 0 Å². The minimum atomic E-state index is 0.0377. The summed E-state index contributed by atoms with van der Waals surface area (Å²) in [5, 5.41) is 12.4. The van der Waals surface area contributed by atoms with Gasteiger partial charge < -0.3 is 10.2 Å². The van der Waals surface area contributed by atoms with Gasteiger partial charge in [-0.15, -0.1) is 0 Å². The van der Waals surface area contributed by atoms with E-state index in [1.165, 1.54) is 0 Å². The zero-order valence-corrected chi connectivity index (χ0v) is 17.2. The quantitative estimate of drug-likeness (QED) is 0.706. The van der Waals surface area contributed by atoms with Crippen LogP contribution in [0.1, 0.15) is 40.7 Å². The van der Waals surface area contributed by atoms with E-state index in [0.717, 1.165) is 36.2 Å². The van der Waals surface area contributed by atoms with E-state index in [1.807, 2.05) is 36.1 Å². The zero-order valence-electron chi connectivity index (χ0n) is 17.2. The maximum atomic E-state index is 13.7. The molecule has 2 fully saturated rings. The number of aromatic nitrogens is 3. The van der Waals surface area contributed by atoms with Gasteiger partial charge in [-0.25, -0.2) is 15.0 Å². The molecule has 31 heavy (non-hydrogen) atoms. The summed E-state index contributed by atoms with van der Waals surface area (Å²) in [7, 11) is 0. The monoisotopic (exact) mass is 410 g/mol. The third kappa shape index (κ3) is 3.40. The number of pyridine rings is 1. The van der Waals surface area contributed by atoms with Gasteiger partial charge >= 0.3 is 0 Å². The molecule has 5 rings (SSSR count). The van der Waals surface area contributed by atoms with Crippen LogP contribution < -0.4 is 5.32 Å². The summed E-state index contributed by atoms with van der Waals surface area (Å²) in [6.45, 7) is 1.99. The van der Waals surface area contributed by atoms with Crippen molar-refractivity contribution in [2.24, 2.45) is 0 Å². The lowest BCUT2D eigenvalue weighted by Gasteiger charge is -2.26. The van der Waals surface area contributed by atoms with E-state index in [9.17, 15) is 4.79 Å². The number of carbonyl (C=O) groups is 1. The van der Waals surface area contributed by atoms with Gasteiger partial charge in [0.15, 0.2) is 5.82 Å². The lowest BCUT2D eigenvalue weighted by atomic mass is 9.95. The number of nitrogens with zero attached hydrogens (tertiary/aromatic N) is 5. The Kier molecular flexibility index (Phi) is 4.83. The van der Waals surface area contributed by atoms with Crippen molar-refractivity contribution in [3.8, 4) is 17.5 Å². The Balaban J connectivity index is 1.42. The summed E-state index contributed by atoms with van der Waals surface area (Å²) in [5.41, 5.74) is 2.98. The fourth-order valence-electron chi connectivity index (χ4n) is 4.91. The Labute approximate surface area is 180 Å². The fourth-order valence-corrected chi connectivity index (χ4v) is 4.91. The highest BCUT2D eigenvalue weighted by Gasteiger charge is 2.49. The second-order valence-corrected chi connectivity index (χ2v) is 8.11. The van der Waals surface area contributed by atoms with Gasteiger partial charge in [0, 0.05) is 36.2 Å². The average molecular weight is 410 g/mol. The Morgan fingerprint density at radius 2 is 1.97 bits per heavy atom. The fraction of sp³-hybridized carbons (Fsp3) is 0.292. The van der Waals surface area contributed by atoms with E-state index < -0.39 is 0 Å². The van der Waals surface area contributed by atoms with Gasteiger partial charge in [-0.05, 0) is 56.0 Å². The third-order valence-corrected chi connectivity index (χ3v) is 6.29. The largest absolute Gasteiger partial charge is 0.365 e. The Morgan fingerprint density at radius 3 is 2.71 bits per heavy atom. The number of nitrogens with one attached hydrogen (secondary N) is 1. The van der Waals surface area contributed by atoms with Crippen LogP contribution in [0.4, 0.5) is 5.82 Å². The van der Waals surface area contributed by atoms with Crippen LogP contribution in [0, 0.1) is 18.3 Å². The summed E-state index contributed by atoms with van der Waals surface area (Å²) < 4.78 is 0. The minimum Gasteiger partial charge on any atom is -0.365 e. The number of hydrogen-bond donors (Lipinski definition) is 1. The molecule has 2 aromatic heterocycles. The molecule has 154 valence electrons. The highest BCUT2D eigenvalue weighted by molar-refractivity contribution is 6.01. The van der Waals surface area contributed by atoms with Crippen LogP contribution in [0.5, 0.6) is 0 Å². The molecular weight excluding hydrogens is 388 g/mol. The first-order chi connectivity index (χ1) is 15.2. The number of benzene rings is 1. The van der Waals surface area contributed by atoms with Crippen LogP contribution in [-0.4, -0.2) is 43.9 Å². The smallest absolute Gasteiger partial charge is 0.255 e. The minimum absolute atomic E-state index is 0.0377. The molecule has 2 aliphatic heterocycles. The molecule has 2 aliphatic rings. The molecule has 1 aromatic carbocycles. The summed E-state index contributed by atoms with van der Waals surface area (Å²) >= 11 is 0. The van der Waals surface area contributed by atoms with Crippen molar-refractivity contribution < 1.29 is 4.79 Å². The second kappa shape index (κ2) is 7.80. The van der Waals surface area contributed by atoms with E-state index in [2.05, 4.69) is 26.3 Å². The lowest BCUT2D eigenvalue weighted by Crippen LogP contribution is -2.40. The number of hydrogen-bond acceptors (Lipinski definition) is 6. The Bertz CT molecular complexity index is 1150. The molecule has 1 N–H and O–H groups in total. The SMILES string of the molecule is Cc1cccc(C(=O)N2[C@@H]3CC[C@H]2[C@H](Nc2ccc(C#N)cn2)C3)c1-c1ncccn1. The molecule has 2 bridgehead atoms. The Morgan fingerprint density at radius 1 is 1.13 bits per heavy atom. The standard InChI is InChI=1S/C24H22N6O/c1-15-4-2-5-18(22(15)23-26-10-3-11-27-23)24(31)30-17-7-8-20(30)19(12-17)29-21-9-6-16(13-25)14-28-21/h2-6,9-11,14,17,19-20H,7-8,12H2,1H3,(H,28,29)/t17-,19-,20+/m1/s1. The molecule has 0 spiro atoms. The lowest BCUT2D eigenvalue weighted by molar-refractivity contribution is 0.0728. The van der Waals surface area contributed by atoms with Crippen molar-refractivity contribution in [2.75, 3.05) is 5.32 Å². The molecule has 7 heteroatoms. The topological polar surface area (TPSA) is 94.8 Å². The van der Waals surface area contributed by atoms with Crippen LogP contribution in [0.15, 0.2) is 55.0 Å². The molecule has 3 atom stereocenters. The molecule has 2 saturated heterocycles.